The molecule has 1 atom stereocenters. The summed E-state index contributed by atoms with van der Waals surface area (Å²) in [5, 5.41) is 3.18. The predicted octanol–water partition coefficient (Wildman–Crippen LogP) is 3.29. The molecule has 0 aliphatic carbocycles. The molecule has 1 heterocycles. The van der Waals surface area contributed by atoms with Gasteiger partial charge in [0.2, 0.25) is 0 Å². The maximum absolute atomic E-state index is 12.8. The maximum Gasteiger partial charge on any atom is 0.141 e. The van der Waals surface area contributed by atoms with Crippen molar-refractivity contribution in [1.29, 1.82) is 0 Å². The van der Waals surface area contributed by atoms with Crippen LogP contribution in [0.3, 0.4) is 0 Å². The molecule has 0 saturated carbocycles. The lowest BCUT2D eigenvalue weighted by molar-refractivity contribution is 0.479. The summed E-state index contributed by atoms with van der Waals surface area (Å²) in [5.74, 6) is 0.468. The fraction of sp³-hybridized carbons (Fsp3) is 0.167. The normalized spacial score (nSPS) is 12.4. The Hall–Kier alpha value is -1.33. The lowest BCUT2D eigenvalue weighted by Gasteiger charge is -2.16. The van der Waals surface area contributed by atoms with Gasteiger partial charge < -0.3 is 15.5 Å². The molecule has 2 rings (SSSR count). The molecule has 1 aromatic heterocycles. The van der Waals surface area contributed by atoms with E-state index in [0.717, 1.165) is 15.9 Å². The van der Waals surface area contributed by atoms with Crippen LogP contribution in [0.5, 0.6) is 0 Å². The molecular weight excluding hydrogens is 287 g/mol. The fourth-order valence-electron chi connectivity index (χ4n) is 1.53. The average molecular weight is 299 g/mol. The summed E-state index contributed by atoms with van der Waals surface area (Å²) in [4.78, 5) is 0. The minimum absolute atomic E-state index is 0.148. The van der Waals surface area contributed by atoms with Crippen molar-refractivity contribution in [1.82, 2.24) is 0 Å². The number of halogens is 2. The van der Waals surface area contributed by atoms with E-state index in [1.54, 1.807) is 18.4 Å². The summed E-state index contributed by atoms with van der Waals surface area (Å²) in [6.45, 7) is 0.378. The lowest BCUT2D eigenvalue weighted by atomic mass is 10.2. The Morgan fingerprint density at radius 1 is 1.29 bits per heavy atom. The third-order valence-electron chi connectivity index (χ3n) is 2.38. The molecule has 17 heavy (non-hydrogen) atoms. The molecule has 0 amide bonds. The van der Waals surface area contributed by atoms with E-state index in [4.69, 9.17) is 10.2 Å². The quantitative estimate of drug-likeness (QED) is 0.911. The summed E-state index contributed by atoms with van der Waals surface area (Å²) >= 11 is 3.38. The van der Waals surface area contributed by atoms with Gasteiger partial charge in [-0.3, -0.25) is 0 Å². The Morgan fingerprint density at radius 2 is 2.00 bits per heavy atom. The summed E-state index contributed by atoms with van der Waals surface area (Å²) in [6.07, 6.45) is 1.59. The molecule has 5 heteroatoms. The molecule has 0 spiro atoms. The van der Waals surface area contributed by atoms with Crippen LogP contribution in [0.2, 0.25) is 0 Å². The van der Waals surface area contributed by atoms with Gasteiger partial charge in [-0.1, -0.05) is 0 Å². The molecule has 2 aromatic rings. The first-order valence-electron chi connectivity index (χ1n) is 5.16. The second kappa shape index (κ2) is 5.33. The largest absolute Gasteiger partial charge is 0.466 e. The van der Waals surface area contributed by atoms with Gasteiger partial charge in [0.15, 0.2) is 0 Å². The van der Waals surface area contributed by atoms with E-state index in [1.165, 1.54) is 12.1 Å². The Labute approximate surface area is 107 Å². The zero-order chi connectivity index (χ0) is 12.3. The Morgan fingerprint density at radius 3 is 2.53 bits per heavy atom. The van der Waals surface area contributed by atoms with Gasteiger partial charge in [-0.15, -0.1) is 0 Å². The van der Waals surface area contributed by atoms with Crippen LogP contribution in [0.4, 0.5) is 10.1 Å². The third kappa shape index (κ3) is 2.87. The highest BCUT2D eigenvalue weighted by Crippen LogP contribution is 2.26. The molecule has 3 N–H and O–H groups in total. The molecule has 0 aliphatic rings. The Bertz CT molecular complexity index is 484. The Kier molecular flexibility index (Phi) is 3.81. The van der Waals surface area contributed by atoms with E-state index in [1.807, 2.05) is 6.07 Å². The number of nitrogens with one attached hydrogen (secondary N) is 1. The van der Waals surface area contributed by atoms with Crippen LogP contribution in [-0.2, 0) is 0 Å². The molecule has 90 valence electrons. The first-order valence-corrected chi connectivity index (χ1v) is 5.95. The van der Waals surface area contributed by atoms with Gasteiger partial charge in [0.25, 0.3) is 0 Å². The van der Waals surface area contributed by atoms with E-state index >= 15 is 0 Å². The summed E-state index contributed by atoms with van der Waals surface area (Å²) in [5.41, 5.74) is 6.49. The van der Waals surface area contributed by atoms with Gasteiger partial charge in [0.1, 0.15) is 11.6 Å². The van der Waals surface area contributed by atoms with Crippen LogP contribution in [0, 0.1) is 5.82 Å². The summed E-state index contributed by atoms with van der Waals surface area (Å²) in [7, 11) is 0. The molecule has 3 nitrogen and oxygen atoms in total. The van der Waals surface area contributed by atoms with Gasteiger partial charge in [-0.05, 0) is 46.3 Å². The maximum atomic E-state index is 12.8. The highest BCUT2D eigenvalue weighted by molar-refractivity contribution is 9.10. The van der Waals surface area contributed by atoms with Crippen molar-refractivity contribution in [3.05, 3.63) is 52.6 Å². The van der Waals surface area contributed by atoms with Crippen molar-refractivity contribution in [2.75, 3.05) is 11.9 Å². The van der Waals surface area contributed by atoms with Crippen LogP contribution in [0.1, 0.15) is 11.8 Å². The first-order chi connectivity index (χ1) is 8.20. The standard InChI is InChI=1S/C12H12BrFN2O/c13-10-5-6-17-12(10)11(7-15)16-9-3-1-8(14)2-4-9/h1-6,11,16H,7,15H2. The van der Waals surface area contributed by atoms with E-state index in [-0.39, 0.29) is 11.9 Å². The smallest absolute Gasteiger partial charge is 0.141 e. The lowest BCUT2D eigenvalue weighted by Crippen LogP contribution is -2.20. The summed E-state index contributed by atoms with van der Waals surface area (Å²) in [6, 6.07) is 7.78. The third-order valence-corrected chi connectivity index (χ3v) is 3.04. The number of anilines is 1. The van der Waals surface area contributed by atoms with Gasteiger partial charge in [-0.2, -0.15) is 0 Å². The Balaban J connectivity index is 2.16. The molecule has 1 aromatic carbocycles. The minimum Gasteiger partial charge on any atom is -0.466 e. The van der Waals surface area contributed by atoms with Crippen molar-refractivity contribution in [3.8, 4) is 0 Å². The number of nitrogens with two attached hydrogens (primary N) is 1. The number of benzene rings is 1. The van der Waals surface area contributed by atoms with Crippen LogP contribution >= 0.6 is 15.9 Å². The van der Waals surface area contributed by atoms with Gasteiger partial charge in [-0.25, -0.2) is 4.39 Å². The van der Waals surface area contributed by atoms with Crippen molar-refractivity contribution < 1.29 is 8.81 Å². The highest BCUT2D eigenvalue weighted by Gasteiger charge is 2.16. The molecule has 0 fully saturated rings. The topological polar surface area (TPSA) is 51.2 Å². The average Bonchev–Trinajstić information content (AvgIpc) is 2.75. The second-order valence-electron chi connectivity index (χ2n) is 3.57. The molecular formula is C12H12BrFN2O. The van der Waals surface area contributed by atoms with E-state index < -0.39 is 0 Å². The number of rotatable bonds is 4. The zero-order valence-corrected chi connectivity index (χ0v) is 10.6. The molecule has 0 saturated heterocycles. The zero-order valence-electron chi connectivity index (χ0n) is 8.99. The first kappa shape index (κ1) is 12.1. The van der Waals surface area contributed by atoms with Crippen LogP contribution in [0.15, 0.2) is 45.5 Å². The van der Waals surface area contributed by atoms with Crippen LogP contribution in [0.25, 0.3) is 0 Å². The number of hydrogen-bond donors (Lipinski definition) is 2. The van der Waals surface area contributed by atoms with Crippen molar-refractivity contribution >= 4 is 21.6 Å². The number of hydrogen-bond acceptors (Lipinski definition) is 3. The van der Waals surface area contributed by atoms with Crippen molar-refractivity contribution in [3.63, 3.8) is 0 Å². The summed E-state index contributed by atoms with van der Waals surface area (Å²) < 4.78 is 19.0. The van der Waals surface area contributed by atoms with Crippen LogP contribution in [-0.4, -0.2) is 6.54 Å². The number of furan rings is 1. The fourth-order valence-corrected chi connectivity index (χ4v) is 2.01. The van der Waals surface area contributed by atoms with Crippen molar-refractivity contribution in [2.24, 2.45) is 5.73 Å². The van der Waals surface area contributed by atoms with E-state index in [9.17, 15) is 4.39 Å². The van der Waals surface area contributed by atoms with Crippen molar-refractivity contribution in [2.45, 2.75) is 6.04 Å². The second-order valence-corrected chi connectivity index (χ2v) is 4.43. The van der Waals surface area contributed by atoms with Crippen LogP contribution < -0.4 is 11.1 Å². The minimum atomic E-state index is -0.265. The SMILES string of the molecule is NCC(Nc1ccc(F)cc1)c1occc1Br. The monoisotopic (exact) mass is 298 g/mol. The molecule has 0 aliphatic heterocycles. The predicted molar refractivity (Wildman–Crippen MR) is 68.2 cm³/mol. The van der Waals surface area contributed by atoms with Gasteiger partial charge >= 0.3 is 0 Å². The van der Waals surface area contributed by atoms with Gasteiger partial charge in [0, 0.05) is 12.2 Å². The highest BCUT2D eigenvalue weighted by atomic mass is 79.9. The molecule has 0 radical (unpaired) electrons. The molecule has 1 unspecified atom stereocenters. The van der Waals surface area contributed by atoms with Gasteiger partial charge in [0.05, 0.1) is 16.8 Å². The molecule has 0 bridgehead atoms. The van der Waals surface area contributed by atoms with E-state index in [2.05, 4.69) is 21.2 Å². The van der Waals surface area contributed by atoms with E-state index in [0.29, 0.717) is 6.54 Å².